The van der Waals surface area contributed by atoms with Crippen LogP contribution >= 0.6 is 11.6 Å². The molecule has 0 atom stereocenters. The van der Waals surface area contributed by atoms with Gasteiger partial charge in [0.25, 0.3) is 0 Å². The molecule has 0 aromatic heterocycles. The Bertz CT molecular complexity index is 636. The fourth-order valence-electron chi connectivity index (χ4n) is 1.82. The van der Waals surface area contributed by atoms with E-state index in [9.17, 15) is 4.79 Å². The van der Waals surface area contributed by atoms with Crippen LogP contribution in [0.15, 0.2) is 42.5 Å². The van der Waals surface area contributed by atoms with E-state index in [4.69, 9.17) is 11.6 Å². The third-order valence-electron chi connectivity index (χ3n) is 3.22. The third kappa shape index (κ3) is 3.99. The Hall–Kier alpha value is -2.00. The molecule has 21 heavy (non-hydrogen) atoms. The van der Waals surface area contributed by atoms with Crippen LogP contribution in [-0.2, 0) is 4.79 Å². The maximum Gasteiger partial charge on any atom is 0.226 e. The summed E-state index contributed by atoms with van der Waals surface area (Å²) in [7, 11) is 0. The Kier molecular flexibility index (Phi) is 4.86. The Morgan fingerprint density at radius 2 is 1.67 bits per heavy atom. The second-order valence-corrected chi connectivity index (χ2v) is 5.67. The van der Waals surface area contributed by atoms with Gasteiger partial charge in [0.2, 0.25) is 5.91 Å². The molecule has 0 bridgehead atoms. The monoisotopic (exact) mass is 302 g/mol. The van der Waals surface area contributed by atoms with E-state index in [2.05, 4.69) is 10.6 Å². The smallest absolute Gasteiger partial charge is 0.226 e. The molecule has 0 aliphatic carbocycles. The lowest BCUT2D eigenvalue weighted by atomic mass is 10.2. The van der Waals surface area contributed by atoms with E-state index in [0.29, 0.717) is 0 Å². The first kappa shape index (κ1) is 15.4. The van der Waals surface area contributed by atoms with E-state index < -0.39 is 0 Å². The summed E-state index contributed by atoms with van der Waals surface area (Å²) in [5.74, 6) is -0.0155. The average molecular weight is 303 g/mol. The van der Waals surface area contributed by atoms with Gasteiger partial charge >= 0.3 is 0 Å². The highest BCUT2D eigenvalue weighted by Gasteiger charge is 2.07. The number of halogens is 1. The number of hydrogen-bond acceptors (Lipinski definition) is 2. The van der Waals surface area contributed by atoms with Crippen LogP contribution in [0.5, 0.6) is 0 Å². The summed E-state index contributed by atoms with van der Waals surface area (Å²) in [6.07, 6.45) is 0. The lowest BCUT2D eigenvalue weighted by molar-refractivity contribution is -0.118. The minimum Gasteiger partial charge on any atom is -0.355 e. The van der Waals surface area contributed by atoms with E-state index in [0.717, 1.165) is 27.6 Å². The Morgan fingerprint density at radius 1 is 1.05 bits per heavy atom. The maximum atomic E-state index is 11.6. The number of anilines is 3. The molecular formula is C17H19ClN2O. The van der Waals surface area contributed by atoms with Crippen molar-refractivity contribution in [2.75, 3.05) is 10.6 Å². The predicted octanol–water partition coefficient (Wildman–Crippen LogP) is 4.99. The van der Waals surface area contributed by atoms with Gasteiger partial charge < -0.3 is 10.6 Å². The van der Waals surface area contributed by atoms with Gasteiger partial charge in [0.15, 0.2) is 0 Å². The van der Waals surface area contributed by atoms with Crippen molar-refractivity contribution in [3.63, 3.8) is 0 Å². The summed E-state index contributed by atoms with van der Waals surface area (Å²) >= 11 is 6.10. The standard InChI is InChI=1S/C17H19ClN2O/c1-11(2)17(21)20-14-9-7-13(8-10-14)19-16-6-4-5-15(18)12(16)3/h4-11,19H,1-3H3,(H,20,21). The molecule has 1 amide bonds. The number of hydrogen-bond donors (Lipinski definition) is 2. The highest BCUT2D eigenvalue weighted by Crippen LogP contribution is 2.26. The summed E-state index contributed by atoms with van der Waals surface area (Å²) < 4.78 is 0. The van der Waals surface area contributed by atoms with Crippen molar-refractivity contribution in [1.29, 1.82) is 0 Å². The quantitative estimate of drug-likeness (QED) is 0.835. The van der Waals surface area contributed by atoms with Crippen molar-refractivity contribution in [3.05, 3.63) is 53.1 Å². The normalized spacial score (nSPS) is 10.5. The maximum absolute atomic E-state index is 11.6. The molecule has 0 aliphatic rings. The molecule has 0 heterocycles. The zero-order valence-corrected chi connectivity index (χ0v) is 13.2. The highest BCUT2D eigenvalue weighted by molar-refractivity contribution is 6.31. The Balaban J connectivity index is 2.09. The molecule has 0 unspecified atom stereocenters. The van der Waals surface area contributed by atoms with E-state index in [-0.39, 0.29) is 11.8 Å². The second-order valence-electron chi connectivity index (χ2n) is 5.26. The topological polar surface area (TPSA) is 41.1 Å². The first-order valence-corrected chi connectivity index (χ1v) is 7.28. The largest absolute Gasteiger partial charge is 0.355 e. The van der Waals surface area contributed by atoms with Crippen LogP contribution in [0.2, 0.25) is 5.02 Å². The summed E-state index contributed by atoms with van der Waals surface area (Å²) in [6.45, 7) is 5.71. The number of amides is 1. The van der Waals surface area contributed by atoms with Crippen molar-refractivity contribution in [2.24, 2.45) is 5.92 Å². The molecule has 2 aromatic carbocycles. The molecule has 0 saturated carbocycles. The molecule has 3 nitrogen and oxygen atoms in total. The van der Waals surface area contributed by atoms with Crippen LogP contribution < -0.4 is 10.6 Å². The average Bonchev–Trinajstić information content (AvgIpc) is 2.46. The second kappa shape index (κ2) is 6.64. The van der Waals surface area contributed by atoms with Gasteiger partial charge in [-0.2, -0.15) is 0 Å². The van der Waals surface area contributed by atoms with Crippen molar-refractivity contribution >= 4 is 34.6 Å². The molecule has 2 rings (SSSR count). The predicted molar refractivity (Wildman–Crippen MR) is 89.4 cm³/mol. The fourth-order valence-corrected chi connectivity index (χ4v) is 2.00. The van der Waals surface area contributed by atoms with Gasteiger partial charge in [-0.1, -0.05) is 31.5 Å². The van der Waals surface area contributed by atoms with Crippen molar-refractivity contribution in [2.45, 2.75) is 20.8 Å². The summed E-state index contributed by atoms with van der Waals surface area (Å²) in [5, 5.41) is 6.92. The molecule has 2 aromatic rings. The van der Waals surface area contributed by atoms with Gasteiger partial charge in [-0.05, 0) is 48.9 Å². The van der Waals surface area contributed by atoms with Gasteiger partial charge in [0.1, 0.15) is 0 Å². The molecule has 0 saturated heterocycles. The van der Waals surface area contributed by atoms with Crippen LogP contribution in [0.4, 0.5) is 17.1 Å². The number of benzene rings is 2. The van der Waals surface area contributed by atoms with Crippen LogP contribution in [0, 0.1) is 12.8 Å². The minimum atomic E-state index is -0.0306. The van der Waals surface area contributed by atoms with Gasteiger partial charge in [0.05, 0.1) is 0 Å². The molecule has 0 radical (unpaired) electrons. The van der Waals surface area contributed by atoms with Crippen molar-refractivity contribution in [1.82, 2.24) is 0 Å². The fraction of sp³-hybridized carbons (Fsp3) is 0.235. The van der Waals surface area contributed by atoms with Crippen LogP contribution in [-0.4, -0.2) is 5.91 Å². The summed E-state index contributed by atoms with van der Waals surface area (Å²) in [6, 6.07) is 13.4. The Morgan fingerprint density at radius 3 is 2.29 bits per heavy atom. The molecule has 0 spiro atoms. The van der Waals surface area contributed by atoms with E-state index >= 15 is 0 Å². The number of nitrogens with one attached hydrogen (secondary N) is 2. The zero-order valence-electron chi connectivity index (χ0n) is 12.4. The first-order valence-electron chi connectivity index (χ1n) is 6.90. The van der Waals surface area contributed by atoms with Gasteiger partial charge in [-0.3, -0.25) is 4.79 Å². The summed E-state index contributed by atoms with van der Waals surface area (Å²) in [4.78, 5) is 11.6. The lowest BCUT2D eigenvalue weighted by Gasteiger charge is -2.12. The zero-order chi connectivity index (χ0) is 15.4. The molecule has 110 valence electrons. The van der Waals surface area contributed by atoms with Crippen LogP contribution in [0.1, 0.15) is 19.4 Å². The van der Waals surface area contributed by atoms with Crippen molar-refractivity contribution < 1.29 is 4.79 Å². The van der Waals surface area contributed by atoms with Gasteiger partial charge in [-0.25, -0.2) is 0 Å². The van der Waals surface area contributed by atoms with Gasteiger partial charge in [0, 0.05) is 28.0 Å². The SMILES string of the molecule is Cc1c(Cl)cccc1Nc1ccc(NC(=O)C(C)C)cc1. The molecular weight excluding hydrogens is 284 g/mol. The number of carbonyl (C=O) groups excluding carboxylic acids is 1. The molecule has 4 heteroatoms. The minimum absolute atomic E-state index is 0.0152. The number of rotatable bonds is 4. The molecule has 0 aliphatic heterocycles. The van der Waals surface area contributed by atoms with Gasteiger partial charge in [-0.15, -0.1) is 0 Å². The van der Waals surface area contributed by atoms with Crippen LogP contribution in [0.3, 0.4) is 0 Å². The summed E-state index contributed by atoms with van der Waals surface area (Å²) in [5.41, 5.74) is 3.72. The van der Waals surface area contributed by atoms with Crippen molar-refractivity contribution in [3.8, 4) is 0 Å². The molecule has 0 fully saturated rings. The highest BCUT2D eigenvalue weighted by atomic mass is 35.5. The van der Waals surface area contributed by atoms with Crippen LogP contribution in [0.25, 0.3) is 0 Å². The van der Waals surface area contributed by atoms with E-state index in [1.165, 1.54) is 0 Å². The lowest BCUT2D eigenvalue weighted by Crippen LogP contribution is -2.17. The first-order chi connectivity index (χ1) is 9.97. The Labute approximate surface area is 130 Å². The van der Waals surface area contributed by atoms with E-state index in [1.807, 2.05) is 63.2 Å². The number of carbonyl (C=O) groups is 1. The molecule has 2 N–H and O–H groups in total. The third-order valence-corrected chi connectivity index (χ3v) is 3.63. The van der Waals surface area contributed by atoms with E-state index in [1.54, 1.807) is 0 Å².